The van der Waals surface area contributed by atoms with E-state index in [-0.39, 0.29) is 0 Å². The fraction of sp³-hybridized carbons (Fsp3) is 0.583. The summed E-state index contributed by atoms with van der Waals surface area (Å²) in [4.78, 5) is 15.9. The van der Waals surface area contributed by atoms with Crippen LogP contribution in [0.1, 0.15) is 37.3 Å². The van der Waals surface area contributed by atoms with Gasteiger partial charge in [-0.25, -0.2) is 9.97 Å². The van der Waals surface area contributed by atoms with Gasteiger partial charge in [-0.1, -0.05) is 6.42 Å². The summed E-state index contributed by atoms with van der Waals surface area (Å²) >= 11 is 5.99. The molecule has 2 aromatic heterocycles. The first-order chi connectivity index (χ1) is 8.31. The summed E-state index contributed by atoms with van der Waals surface area (Å²) in [6.07, 6.45) is 7.03. The van der Waals surface area contributed by atoms with Gasteiger partial charge in [0.1, 0.15) is 5.52 Å². The van der Waals surface area contributed by atoms with Crippen molar-refractivity contribution in [1.82, 2.24) is 19.9 Å². The van der Waals surface area contributed by atoms with Gasteiger partial charge in [-0.2, -0.15) is 4.98 Å². The van der Waals surface area contributed by atoms with Crippen molar-refractivity contribution in [3.63, 3.8) is 0 Å². The van der Waals surface area contributed by atoms with Crippen LogP contribution in [0.25, 0.3) is 11.2 Å². The van der Waals surface area contributed by atoms with Crippen LogP contribution in [0.15, 0.2) is 6.33 Å². The predicted octanol–water partition coefficient (Wildman–Crippen LogP) is 2.91. The molecule has 2 aromatic rings. The maximum Gasteiger partial charge on any atom is 0.224 e. The lowest BCUT2D eigenvalue weighted by atomic mass is 9.86. The molecule has 0 spiro atoms. The summed E-state index contributed by atoms with van der Waals surface area (Å²) in [5, 5.41) is 0.322. The van der Waals surface area contributed by atoms with E-state index in [0.29, 0.717) is 16.8 Å². The second kappa shape index (κ2) is 3.42. The first kappa shape index (κ1) is 9.83. The number of hydrogen-bond donors (Lipinski definition) is 1. The van der Waals surface area contributed by atoms with E-state index in [0.717, 1.165) is 23.0 Å². The molecule has 4 rings (SSSR count). The van der Waals surface area contributed by atoms with Crippen LogP contribution in [0, 0.1) is 11.8 Å². The SMILES string of the molecule is Clc1nc(C2CC3CCC2C3)c2[nH]cnc2n1. The van der Waals surface area contributed by atoms with E-state index in [2.05, 4.69) is 19.9 Å². The summed E-state index contributed by atoms with van der Waals surface area (Å²) in [6, 6.07) is 0. The average molecular weight is 249 g/mol. The van der Waals surface area contributed by atoms with Crippen LogP contribution in [0.3, 0.4) is 0 Å². The molecule has 0 aliphatic heterocycles. The molecule has 17 heavy (non-hydrogen) atoms. The Morgan fingerprint density at radius 3 is 2.94 bits per heavy atom. The van der Waals surface area contributed by atoms with E-state index in [1.165, 1.54) is 25.7 Å². The third-order valence-corrected chi connectivity index (χ3v) is 4.54. The number of nitrogens with zero attached hydrogens (tertiary/aromatic N) is 3. The molecule has 2 fully saturated rings. The van der Waals surface area contributed by atoms with Crippen molar-refractivity contribution in [3.8, 4) is 0 Å². The highest BCUT2D eigenvalue weighted by Gasteiger charge is 2.41. The maximum atomic E-state index is 5.99. The zero-order valence-electron chi connectivity index (χ0n) is 9.36. The summed E-state index contributed by atoms with van der Waals surface area (Å²) in [7, 11) is 0. The van der Waals surface area contributed by atoms with Crippen LogP contribution in [0.5, 0.6) is 0 Å². The van der Waals surface area contributed by atoms with Crippen molar-refractivity contribution < 1.29 is 0 Å². The smallest absolute Gasteiger partial charge is 0.224 e. The summed E-state index contributed by atoms with van der Waals surface area (Å²) in [6.45, 7) is 0. The number of aromatic amines is 1. The predicted molar refractivity (Wildman–Crippen MR) is 64.9 cm³/mol. The van der Waals surface area contributed by atoms with Crippen LogP contribution in [0.2, 0.25) is 5.28 Å². The zero-order chi connectivity index (χ0) is 11.4. The normalized spacial score (nSPS) is 31.5. The van der Waals surface area contributed by atoms with Crippen molar-refractivity contribution in [3.05, 3.63) is 17.3 Å². The van der Waals surface area contributed by atoms with Gasteiger partial charge in [0.15, 0.2) is 5.65 Å². The molecule has 88 valence electrons. The number of halogens is 1. The first-order valence-corrected chi connectivity index (χ1v) is 6.55. The van der Waals surface area contributed by atoms with Crippen LogP contribution in [-0.2, 0) is 0 Å². The lowest BCUT2D eigenvalue weighted by molar-refractivity contribution is 0.415. The Hall–Kier alpha value is -1.16. The molecule has 2 aliphatic carbocycles. The standard InChI is InChI=1S/C12H13ClN4/c13-12-16-9(10-11(17-12)15-5-14-10)8-4-6-1-2-7(8)3-6/h5-8H,1-4H2,(H,14,15,16,17). The Balaban J connectivity index is 1.87. The average Bonchev–Trinajstić information content (AvgIpc) is 3.02. The number of imidazole rings is 1. The number of fused-ring (bicyclic) bond motifs is 3. The van der Waals surface area contributed by atoms with Gasteiger partial charge in [-0.15, -0.1) is 0 Å². The fourth-order valence-corrected chi connectivity index (χ4v) is 3.85. The third-order valence-electron chi connectivity index (χ3n) is 4.38. The van der Waals surface area contributed by atoms with Crippen molar-refractivity contribution in [2.45, 2.75) is 31.6 Å². The topological polar surface area (TPSA) is 54.5 Å². The molecular formula is C12H13ClN4. The van der Waals surface area contributed by atoms with Crippen molar-refractivity contribution in [2.24, 2.45) is 11.8 Å². The lowest BCUT2D eigenvalue weighted by Crippen LogP contribution is -2.11. The molecule has 5 heteroatoms. The van der Waals surface area contributed by atoms with E-state index < -0.39 is 0 Å². The number of H-pyrrole nitrogens is 1. The number of nitrogens with one attached hydrogen (secondary N) is 1. The molecule has 2 aliphatic rings. The van der Waals surface area contributed by atoms with Gasteiger partial charge >= 0.3 is 0 Å². The van der Waals surface area contributed by atoms with Gasteiger partial charge in [0.05, 0.1) is 12.0 Å². The number of hydrogen-bond acceptors (Lipinski definition) is 3. The van der Waals surface area contributed by atoms with E-state index in [1.54, 1.807) is 6.33 Å². The number of aromatic nitrogens is 4. The highest BCUT2D eigenvalue weighted by atomic mass is 35.5. The molecule has 2 saturated carbocycles. The molecule has 1 N–H and O–H groups in total. The second-order valence-electron chi connectivity index (χ2n) is 5.26. The second-order valence-corrected chi connectivity index (χ2v) is 5.60. The van der Waals surface area contributed by atoms with Gasteiger partial charge in [-0.05, 0) is 42.7 Å². The van der Waals surface area contributed by atoms with Gasteiger partial charge in [-0.3, -0.25) is 0 Å². The quantitative estimate of drug-likeness (QED) is 0.790. The summed E-state index contributed by atoms with van der Waals surface area (Å²) < 4.78 is 0. The molecule has 3 atom stereocenters. The Morgan fingerprint density at radius 2 is 2.18 bits per heavy atom. The van der Waals surface area contributed by atoms with E-state index >= 15 is 0 Å². The fourth-order valence-electron chi connectivity index (χ4n) is 3.68. The highest BCUT2D eigenvalue weighted by molar-refractivity contribution is 6.28. The van der Waals surface area contributed by atoms with E-state index in [9.17, 15) is 0 Å². The lowest BCUT2D eigenvalue weighted by Gasteiger charge is -2.21. The molecular weight excluding hydrogens is 236 g/mol. The highest BCUT2D eigenvalue weighted by Crippen LogP contribution is 2.53. The molecule has 4 nitrogen and oxygen atoms in total. The van der Waals surface area contributed by atoms with Gasteiger partial charge in [0.2, 0.25) is 5.28 Å². The van der Waals surface area contributed by atoms with Crippen molar-refractivity contribution in [1.29, 1.82) is 0 Å². The van der Waals surface area contributed by atoms with Gasteiger partial charge in [0.25, 0.3) is 0 Å². The largest absolute Gasteiger partial charge is 0.342 e. The third kappa shape index (κ3) is 1.40. The minimum atomic E-state index is 0.322. The minimum absolute atomic E-state index is 0.322. The van der Waals surface area contributed by atoms with Crippen molar-refractivity contribution in [2.75, 3.05) is 0 Å². The summed E-state index contributed by atoms with van der Waals surface area (Å²) in [5.41, 5.74) is 2.76. The molecule has 2 heterocycles. The van der Waals surface area contributed by atoms with Crippen molar-refractivity contribution >= 4 is 22.8 Å². The number of rotatable bonds is 1. The molecule has 0 saturated heterocycles. The van der Waals surface area contributed by atoms with E-state index in [4.69, 9.17) is 11.6 Å². The maximum absolute atomic E-state index is 5.99. The Morgan fingerprint density at radius 1 is 1.24 bits per heavy atom. The van der Waals surface area contributed by atoms with Crippen LogP contribution in [0.4, 0.5) is 0 Å². The summed E-state index contributed by atoms with van der Waals surface area (Å²) in [5.74, 6) is 2.24. The Bertz CT molecular complexity index is 579. The molecule has 2 bridgehead atoms. The minimum Gasteiger partial charge on any atom is -0.342 e. The van der Waals surface area contributed by atoms with Crippen LogP contribution < -0.4 is 0 Å². The molecule has 0 radical (unpaired) electrons. The van der Waals surface area contributed by atoms with Crippen LogP contribution in [-0.4, -0.2) is 19.9 Å². The van der Waals surface area contributed by atoms with Gasteiger partial charge in [0, 0.05) is 5.92 Å². The Labute approximate surface area is 104 Å². The van der Waals surface area contributed by atoms with Crippen LogP contribution >= 0.6 is 11.6 Å². The monoisotopic (exact) mass is 248 g/mol. The molecule has 0 amide bonds. The zero-order valence-corrected chi connectivity index (χ0v) is 10.1. The Kier molecular flexibility index (Phi) is 1.98. The molecule has 0 aromatic carbocycles. The first-order valence-electron chi connectivity index (χ1n) is 6.18. The molecule has 3 unspecified atom stereocenters. The van der Waals surface area contributed by atoms with E-state index in [1.807, 2.05) is 0 Å². The van der Waals surface area contributed by atoms with Gasteiger partial charge < -0.3 is 4.98 Å².